The number of hydrogen-bond donors (Lipinski definition) is 0. The van der Waals surface area contributed by atoms with Gasteiger partial charge in [-0.1, -0.05) is 6.92 Å². The SMILES string of the molecule is CCC1CCC(C)N1S(=O)(=O)CCCCl. The van der Waals surface area contributed by atoms with Gasteiger partial charge >= 0.3 is 0 Å². The lowest BCUT2D eigenvalue weighted by Crippen LogP contribution is -2.41. The normalized spacial score (nSPS) is 28.5. The number of hydrogen-bond acceptors (Lipinski definition) is 2. The topological polar surface area (TPSA) is 37.4 Å². The molecular weight excluding hydrogens is 234 g/mol. The molecule has 1 rings (SSSR count). The van der Waals surface area contributed by atoms with Crippen molar-refractivity contribution in [2.45, 2.75) is 51.6 Å². The van der Waals surface area contributed by atoms with E-state index in [0.717, 1.165) is 19.3 Å². The minimum absolute atomic E-state index is 0.162. The van der Waals surface area contributed by atoms with Gasteiger partial charge in [0.25, 0.3) is 0 Å². The summed E-state index contributed by atoms with van der Waals surface area (Å²) in [7, 11) is -3.08. The summed E-state index contributed by atoms with van der Waals surface area (Å²) < 4.78 is 25.8. The minimum Gasteiger partial charge on any atom is -0.212 e. The highest BCUT2D eigenvalue weighted by atomic mass is 35.5. The lowest BCUT2D eigenvalue weighted by molar-refractivity contribution is 0.328. The van der Waals surface area contributed by atoms with Crippen molar-refractivity contribution >= 4 is 21.6 Å². The fourth-order valence-electron chi connectivity index (χ4n) is 2.28. The van der Waals surface area contributed by atoms with Gasteiger partial charge in [-0.2, -0.15) is 4.31 Å². The second kappa shape index (κ2) is 5.51. The molecule has 2 unspecified atom stereocenters. The Morgan fingerprint density at radius 1 is 1.40 bits per heavy atom. The van der Waals surface area contributed by atoms with Crippen LogP contribution in [-0.2, 0) is 10.0 Å². The fraction of sp³-hybridized carbons (Fsp3) is 1.00. The summed E-state index contributed by atoms with van der Waals surface area (Å²) in [5.74, 6) is 0.607. The van der Waals surface area contributed by atoms with Gasteiger partial charge in [0.1, 0.15) is 0 Å². The summed E-state index contributed by atoms with van der Waals surface area (Å²) in [6.07, 6.45) is 3.43. The monoisotopic (exact) mass is 253 g/mol. The van der Waals surface area contributed by atoms with Gasteiger partial charge in [0.05, 0.1) is 5.75 Å². The van der Waals surface area contributed by atoms with Crippen molar-refractivity contribution in [1.29, 1.82) is 0 Å². The molecule has 0 bridgehead atoms. The third-order valence-electron chi connectivity index (χ3n) is 3.04. The third kappa shape index (κ3) is 3.08. The second-order valence-electron chi connectivity index (χ2n) is 4.18. The highest BCUT2D eigenvalue weighted by molar-refractivity contribution is 7.89. The lowest BCUT2D eigenvalue weighted by atomic mass is 10.2. The van der Waals surface area contributed by atoms with E-state index in [1.165, 1.54) is 0 Å². The van der Waals surface area contributed by atoms with Crippen molar-refractivity contribution in [1.82, 2.24) is 4.31 Å². The number of sulfonamides is 1. The van der Waals surface area contributed by atoms with Gasteiger partial charge in [0, 0.05) is 18.0 Å². The van der Waals surface area contributed by atoms with Crippen LogP contribution in [0.1, 0.15) is 39.5 Å². The van der Waals surface area contributed by atoms with E-state index in [2.05, 4.69) is 0 Å². The van der Waals surface area contributed by atoms with E-state index in [9.17, 15) is 8.42 Å². The van der Waals surface area contributed by atoms with E-state index in [0.29, 0.717) is 12.3 Å². The van der Waals surface area contributed by atoms with Gasteiger partial charge in [-0.3, -0.25) is 0 Å². The van der Waals surface area contributed by atoms with Crippen LogP contribution in [0.3, 0.4) is 0 Å². The Kier molecular flexibility index (Phi) is 4.87. The van der Waals surface area contributed by atoms with E-state index in [4.69, 9.17) is 11.6 Å². The average molecular weight is 254 g/mol. The Balaban J connectivity index is 2.75. The molecule has 15 heavy (non-hydrogen) atoms. The van der Waals surface area contributed by atoms with Crippen LogP contribution < -0.4 is 0 Å². The smallest absolute Gasteiger partial charge is 0.212 e. The molecule has 5 heteroatoms. The highest BCUT2D eigenvalue weighted by Crippen LogP contribution is 2.29. The van der Waals surface area contributed by atoms with Gasteiger partial charge in [-0.15, -0.1) is 11.6 Å². The summed E-state index contributed by atoms with van der Waals surface area (Å²) in [5.41, 5.74) is 0. The maximum atomic E-state index is 12.0. The molecule has 1 aliphatic heterocycles. The van der Waals surface area contributed by atoms with Crippen molar-refractivity contribution in [2.24, 2.45) is 0 Å². The number of alkyl halides is 1. The molecule has 90 valence electrons. The molecular formula is C10H20ClNO2S. The van der Waals surface area contributed by atoms with E-state index in [-0.39, 0.29) is 17.8 Å². The van der Waals surface area contributed by atoms with Crippen molar-refractivity contribution in [2.75, 3.05) is 11.6 Å². The Bertz CT molecular complexity index is 292. The molecule has 0 radical (unpaired) electrons. The minimum atomic E-state index is -3.08. The first kappa shape index (κ1) is 13.3. The van der Waals surface area contributed by atoms with E-state index >= 15 is 0 Å². The zero-order chi connectivity index (χ0) is 11.5. The van der Waals surface area contributed by atoms with Crippen LogP contribution in [-0.4, -0.2) is 36.4 Å². The maximum absolute atomic E-state index is 12.0. The zero-order valence-corrected chi connectivity index (χ0v) is 11.0. The third-order valence-corrected chi connectivity index (χ3v) is 5.41. The first-order valence-corrected chi connectivity index (χ1v) is 7.74. The second-order valence-corrected chi connectivity index (χ2v) is 6.55. The Hall–Kier alpha value is 0.200. The largest absolute Gasteiger partial charge is 0.214 e. The highest BCUT2D eigenvalue weighted by Gasteiger charge is 2.37. The number of halogens is 1. The van der Waals surface area contributed by atoms with Gasteiger partial charge in [-0.25, -0.2) is 8.42 Å². The van der Waals surface area contributed by atoms with Crippen molar-refractivity contribution < 1.29 is 8.42 Å². The maximum Gasteiger partial charge on any atom is 0.214 e. The lowest BCUT2D eigenvalue weighted by Gasteiger charge is -2.26. The zero-order valence-electron chi connectivity index (χ0n) is 9.45. The fourth-order valence-corrected chi connectivity index (χ4v) is 4.65. The van der Waals surface area contributed by atoms with E-state index < -0.39 is 10.0 Å². The molecule has 3 nitrogen and oxygen atoms in total. The predicted molar refractivity (Wildman–Crippen MR) is 63.7 cm³/mol. The average Bonchev–Trinajstić information content (AvgIpc) is 2.57. The molecule has 1 heterocycles. The molecule has 0 aromatic carbocycles. The molecule has 1 saturated heterocycles. The molecule has 0 amide bonds. The van der Waals surface area contributed by atoms with Crippen molar-refractivity contribution in [3.63, 3.8) is 0 Å². The standard InChI is InChI=1S/C10H20ClNO2S/c1-3-10-6-5-9(2)12(10)15(13,14)8-4-7-11/h9-10H,3-8H2,1-2H3. The van der Waals surface area contributed by atoms with E-state index in [1.807, 2.05) is 13.8 Å². The summed E-state index contributed by atoms with van der Waals surface area (Å²) in [6.45, 7) is 4.04. The van der Waals surface area contributed by atoms with Crippen LogP contribution in [0, 0.1) is 0 Å². The molecule has 0 saturated carbocycles. The predicted octanol–water partition coefficient (Wildman–Crippen LogP) is 2.21. The molecule has 2 atom stereocenters. The molecule has 0 aliphatic carbocycles. The molecule has 0 spiro atoms. The van der Waals surface area contributed by atoms with Crippen LogP contribution in [0.4, 0.5) is 0 Å². The van der Waals surface area contributed by atoms with Gasteiger partial charge < -0.3 is 0 Å². The van der Waals surface area contributed by atoms with Gasteiger partial charge in [-0.05, 0) is 32.6 Å². The molecule has 1 fully saturated rings. The summed E-state index contributed by atoms with van der Waals surface area (Å²) in [6, 6.07) is 0.371. The number of rotatable bonds is 5. The van der Waals surface area contributed by atoms with Crippen molar-refractivity contribution in [3.8, 4) is 0 Å². The van der Waals surface area contributed by atoms with Crippen LogP contribution in [0.15, 0.2) is 0 Å². The van der Waals surface area contributed by atoms with Crippen LogP contribution in [0.25, 0.3) is 0 Å². The first-order chi connectivity index (χ1) is 7.03. The number of nitrogens with zero attached hydrogens (tertiary/aromatic N) is 1. The summed E-state index contributed by atoms with van der Waals surface area (Å²) in [5, 5.41) is 0. The molecule has 1 aliphatic rings. The van der Waals surface area contributed by atoms with Crippen molar-refractivity contribution in [3.05, 3.63) is 0 Å². The summed E-state index contributed by atoms with van der Waals surface area (Å²) >= 11 is 5.54. The Labute approximate surface area is 97.8 Å². The molecule has 0 aromatic rings. The van der Waals surface area contributed by atoms with Crippen LogP contribution in [0.5, 0.6) is 0 Å². The molecule has 0 N–H and O–H groups in total. The van der Waals surface area contributed by atoms with Crippen LogP contribution in [0.2, 0.25) is 0 Å². The Morgan fingerprint density at radius 3 is 2.60 bits per heavy atom. The quantitative estimate of drug-likeness (QED) is 0.705. The van der Waals surface area contributed by atoms with Gasteiger partial charge in [0.15, 0.2) is 0 Å². The Morgan fingerprint density at radius 2 is 2.07 bits per heavy atom. The van der Waals surface area contributed by atoms with Crippen LogP contribution >= 0.6 is 11.6 Å². The van der Waals surface area contributed by atoms with E-state index in [1.54, 1.807) is 4.31 Å². The van der Waals surface area contributed by atoms with Gasteiger partial charge in [0.2, 0.25) is 10.0 Å². The molecule has 0 aromatic heterocycles. The first-order valence-electron chi connectivity index (χ1n) is 5.60. The summed E-state index contributed by atoms with van der Waals surface area (Å²) in [4.78, 5) is 0.